The predicted molar refractivity (Wildman–Crippen MR) is 209 cm³/mol. The molecule has 0 spiro atoms. The Hall–Kier alpha value is -5.34. The molecule has 0 aliphatic heterocycles. The molecule has 1 aromatic heterocycles. The zero-order valence-corrected chi connectivity index (χ0v) is 30.8. The van der Waals surface area contributed by atoms with Gasteiger partial charge in [-0.05, 0) is 0 Å². The normalized spacial score (nSPS) is 14.4. The third-order valence-electron chi connectivity index (χ3n) is 11.1. The summed E-state index contributed by atoms with van der Waals surface area (Å²) in [5.74, 6) is -0.0600. The molecule has 9 rings (SSSR count). The van der Waals surface area contributed by atoms with Gasteiger partial charge in [0.2, 0.25) is 0 Å². The molecule has 0 saturated carbocycles. The number of fused-ring (bicyclic) bond motifs is 6. The number of ketones is 2. The Bertz CT molecular complexity index is 2550. The van der Waals surface area contributed by atoms with Crippen LogP contribution in [0.3, 0.4) is 0 Å². The standard InChI is InChI=1S/C48H36O2Se/c1-47(2)37-27-13-11-21-31(37)33-23-15-25-35(41(33)47)39-40(43(49)29-17-7-5-8-18-29)45(51-46(39)44(50)30-19-9-6-10-20-30)36-26-16-24-34-32-22-12-14-28-38(32)48(3,4)42(34)36/h5-28H,1-4H3. The summed E-state index contributed by atoms with van der Waals surface area (Å²) in [5.41, 5.74) is 13.8. The average Bonchev–Trinajstić information content (AvgIpc) is 3.76. The van der Waals surface area contributed by atoms with Crippen LogP contribution >= 0.6 is 0 Å². The Labute approximate surface area is 305 Å². The van der Waals surface area contributed by atoms with Gasteiger partial charge in [0.15, 0.2) is 0 Å². The summed E-state index contributed by atoms with van der Waals surface area (Å²) in [4.78, 5) is 30.2. The molecule has 7 aromatic rings. The molecule has 246 valence electrons. The van der Waals surface area contributed by atoms with Crippen LogP contribution in [-0.4, -0.2) is 26.1 Å². The van der Waals surface area contributed by atoms with Crippen molar-refractivity contribution in [2.24, 2.45) is 0 Å². The summed E-state index contributed by atoms with van der Waals surface area (Å²) in [6.07, 6.45) is 0. The van der Waals surface area contributed by atoms with Gasteiger partial charge >= 0.3 is 307 Å². The number of carbonyl (C=O) groups excluding carboxylic acids is 2. The molecular weight excluding hydrogens is 687 g/mol. The van der Waals surface area contributed by atoms with Crippen LogP contribution in [0.25, 0.3) is 43.4 Å². The minimum atomic E-state index is -0.472. The van der Waals surface area contributed by atoms with E-state index in [-0.39, 0.29) is 22.4 Å². The van der Waals surface area contributed by atoms with Crippen LogP contribution in [-0.2, 0) is 10.8 Å². The number of hydrogen-bond donors (Lipinski definition) is 0. The van der Waals surface area contributed by atoms with Crippen LogP contribution in [0.15, 0.2) is 146 Å². The number of benzene rings is 6. The van der Waals surface area contributed by atoms with E-state index in [1.807, 2.05) is 60.7 Å². The first-order chi connectivity index (χ1) is 24.7. The van der Waals surface area contributed by atoms with Gasteiger partial charge in [0.1, 0.15) is 0 Å². The van der Waals surface area contributed by atoms with Crippen molar-refractivity contribution in [3.8, 4) is 43.4 Å². The molecule has 3 heteroatoms. The van der Waals surface area contributed by atoms with E-state index in [1.54, 1.807) is 0 Å². The molecule has 2 aliphatic rings. The van der Waals surface area contributed by atoms with Gasteiger partial charge in [-0.25, -0.2) is 0 Å². The van der Waals surface area contributed by atoms with E-state index in [4.69, 9.17) is 0 Å². The molecule has 2 nitrogen and oxygen atoms in total. The van der Waals surface area contributed by atoms with Crippen LogP contribution in [0, 0.1) is 0 Å². The summed E-state index contributed by atoms with van der Waals surface area (Å²) in [5, 5.41) is 0. The molecule has 0 N–H and O–H groups in total. The fraction of sp³-hybridized carbons (Fsp3) is 0.125. The van der Waals surface area contributed by atoms with E-state index in [9.17, 15) is 4.79 Å². The Kier molecular flexibility index (Phi) is 7.19. The topological polar surface area (TPSA) is 34.1 Å². The first kappa shape index (κ1) is 31.6. The third kappa shape index (κ3) is 4.62. The Balaban J connectivity index is 1.42. The summed E-state index contributed by atoms with van der Waals surface area (Å²) in [7, 11) is 0. The van der Waals surface area contributed by atoms with Crippen molar-refractivity contribution in [2.45, 2.75) is 38.5 Å². The SMILES string of the molecule is CC1(C)c2ccccc2-c2cccc(-c3[se]c(C(=O)c4ccccc4)c(-c4cccc5c4C(C)(C)c4ccccc4-5)c3C(=O)c3ccccc3)c21. The first-order valence-electron chi connectivity index (χ1n) is 17.5. The van der Waals surface area contributed by atoms with Crippen molar-refractivity contribution in [3.05, 3.63) is 189 Å². The van der Waals surface area contributed by atoms with Gasteiger partial charge in [-0.2, -0.15) is 0 Å². The Morgan fingerprint density at radius 3 is 1.39 bits per heavy atom. The maximum atomic E-state index is 15.3. The second-order valence-electron chi connectivity index (χ2n) is 14.7. The Morgan fingerprint density at radius 2 is 0.843 bits per heavy atom. The fourth-order valence-electron chi connectivity index (χ4n) is 8.80. The van der Waals surface area contributed by atoms with Gasteiger partial charge in [0, 0.05) is 0 Å². The molecule has 0 amide bonds. The second-order valence-corrected chi connectivity index (χ2v) is 16.8. The Morgan fingerprint density at radius 1 is 0.431 bits per heavy atom. The van der Waals surface area contributed by atoms with E-state index in [0.29, 0.717) is 16.7 Å². The molecule has 51 heavy (non-hydrogen) atoms. The van der Waals surface area contributed by atoms with Gasteiger partial charge in [0.05, 0.1) is 0 Å². The van der Waals surface area contributed by atoms with Crippen LogP contribution in [0.5, 0.6) is 0 Å². The average molecular weight is 724 g/mol. The quantitative estimate of drug-likeness (QED) is 0.126. The monoisotopic (exact) mass is 724 g/mol. The van der Waals surface area contributed by atoms with Crippen molar-refractivity contribution in [2.75, 3.05) is 0 Å². The van der Waals surface area contributed by atoms with E-state index in [1.165, 1.54) is 38.9 Å². The molecule has 0 saturated heterocycles. The van der Waals surface area contributed by atoms with Crippen LogP contribution in [0.1, 0.15) is 80.7 Å². The van der Waals surface area contributed by atoms with E-state index < -0.39 is 14.5 Å². The van der Waals surface area contributed by atoms with Gasteiger partial charge in [-0.1, -0.05) is 0 Å². The molecule has 0 fully saturated rings. The molecule has 1 heterocycles. The summed E-state index contributed by atoms with van der Waals surface area (Å²) in [6, 6.07) is 49.4. The zero-order valence-electron chi connectivity index (χ0n) is 29.1. The summed E-state index contributed by atoms with van der Waals surface area (Å²) < 4.78 is 1.71. The van der Waals surface area contributed by atoms with Gasteiger partial charge in [0.25, 0.3) is 0 Å². The number of rotatable bonds is 6. The van der Waals surface area contributed by atoms with E-state index in [0.717, 1.165) is 31.1 Å². The van der Waals surface area contributed by atoms with Crippen molar-refractivity contribution >= 4 is 26.1 Å². The predicted octanol–water partition coefficient (Wildman–Crippen LogP) is 11.2. The van der Waals surface area contributed by atoms with Crippen LogP contribution in [0.4, 0.5) is 0 Å². The van der Waals surface area contributed by atoms with Gasteiger partial charge < -0.3 is 0 Å². The zero-order chi connectivity index (χ0) is 35.1. The maximum absolute atomic E-state index is 15.3. The van der Waals surface area contributed by atoms with Crippen molar-refractivity contribution in [1.82, 2.24) is 0 Å². The summed E-state index contributed by atoms with van der Waals surface area (Å²) >= 11 is -0.472. The third-order valence-corrected chi connectivity index (χ3v) is 13.7. The molecular formula is C48H36O2Se. The summed E-state index contributed by atoms with van der Waals surface area (Å²) in [6.45, 7) is 9.12. The molecule has 0 radical (unpaired) electrons. The number of carbonyl (C=O) groups is 2. The first-order valence-corrected chi connectivity index (χ1v) is 19.2. The minimum absolute atomic E-state index is 0.0139. The van der Waals surface area contributed by atoms with Gasteiger partial charge in [-0.3, -0.25) is 0 Å². The van der Waals surface area contributed by atoms with Crippen LogP contribution < -0.4 is 0 Å². The second kappa shape index (κ2) is 11.6. The van der Waals surface area contributed by atoms with Crippen molar-refractivity contribution < 1.29 is 9.59 Å². The van der Waals surface area contributed by atoms with E-state index >= 15 is 4.79 Å². The van der Waals surface area contributed by atoms with Crippen molar-refractivity contribution in [1.29, 1.82) is 0 Å². The van der Waals surface area contributed by atoms with Crippen LogP contribution in [0.2, 0.25) is 0 Å². The molecule has 0 unspecified atom stereocenters. The fourth-order valence-corrected chi connectivity index (χ4v) is 11.5. The number of hydrogen-bond acceptors (Lipinski definition) is 2. The molecule has 6 aromatic carbocycles. The van der Waals surface area contributed by atoms with Crippen molar-refractivity contribution in [3.63, 3.8) is 0 Å². The van der Waals surface area contributed by atoms with E-state index in [2.05, 4.69) is 113 Å². The van der Waals surface area contributed by atoms with Gasteiger partial charge in [-0.15, -0.1) is 0 Å². The molecule has 2 aliphatic carbocycles. The molecule has 0 bridgehead atoms. The molecule has 0 atom stereocenters.